The summed E-state index contributed by atoms with van der Waals surface area (Å²) >= 11 is 0. The first-order valence-electron chi connectivity index (χ1n) is 5.12. The molecule has 1 aromatic carbocycles. The van der Waals surface area contributed by atoms with Gasteiger partial charge < -0.3 is 0 Å². The van der Waals surface area contributed by atoms with Gasteiger partial charge in [-0.1, -0.05) is 49.8 Å². The zero-order valence-electron chi connectivity index (χ0n) is 9.12. The zero-order valence-corrected chi connectivity index (χ0v) is 9.12. The van der Waals surface area contributed by atoms with E-state index in [1.807, 2.05) is 26.1 Å². The van der Waals surface area contributed by atoms with Gasteiger partial charge in [0.05, 0.1) is 6.54 Å². The van der Waals surface area contributed by atoms with Gasteiger partial charge in [0, 0.05) is 6.21 Å². The van der Waals surface area contributed by atoms with Crippen LogP contribution in [-0.4, -0.2) is 12.8 Å². The molecule has 0 aromatic heterocycles. The Morgan fingerprint density at radius 1 is 1.07 bits per heavy atom. The lowest BCUT2D eigenvalue weighted by Gasteiger charge is -1.97. The summed E-state index contributed by atoms with van der Waals surface area (Å²) in [4.78, 5) is 4.30. The van der Waals surface area contributed by atoms with Gasteiger partial charge in [-0.2, -0.15) is 0 Å². The third-order valence-corrected chi connectivity index (χ3v) is 1.97. The first kappa shape index (κ1) is 10.7. The van der Waals surface area contributed by atoms with Gasteiger partial charge in [0.25, 0.3) is 0 Å². The molecule has 0 amide bonds. The predicted octanol–water partition coefficient (Wildman–Crippen LogP) is 3.55. The molecule has 0 saturated carbocycles. The summed E-state index contributed by atoms with van der Waals surface area (Å²) in [5.74, 6) is 0. The van der Waals surface area contributed by atoms with E-state index < -0.39 is 0 Å². The molecule has 1 heteroatoms. The van der Waals surface area contributed by atoms with Crippen molar-refractivity contribution < 1.29 is 0 Å². The first-order chi connectivity index (χ1) is 6.86. The Labute approximate surface area is 86.2 Å². The molecule has 0 fully saturated rings. The fourth-order valence-electron chi connectivity index (χ4n) is 1.36. The maximum absolute atomic E-state index is 4.30. The Morgan fingerprint density at radius 3 is 2.43 bits per heavy atom. The molecule has 0 radical (unpaired) electrons. The lowest BCUT2D eigenvalue weighted by molar-refractivity contribution is 1.16. The highest BCUT2D eigenvalue weighted by molar-refractivity contribution is 5.86. The first-order valence-corrected chi connectivity index (χ1v) is 5.12. The monoisotopic (exact) mass is 187 g/mol. The molecule has 14 heavy (non-hydrogen) atoms. The van der Waals surface area contributed by atoms with Crippen molar-refractivity contribution in [3.63, 3.8) is 0 Å². The predicted molar refractivity (Wildman–Crippen MR) is 63.9 cm³/mol. The van der Waals surface area contributed by atoms with Crippen molar-refractivity contribution in [1.82, 2.24) is 0 Å². The number of benzene rings is 1. The SMILES string of the molecule is CC.CC1=Cc2ccccc2C=NC1. The van der Waals surface area contributed by atoms with Crippen LogP contribution in [0.15, 0.2) is 34.8 Å². The van der Waals surface area contributed by atoms with Crippen LogP contribution in [0.4, 0.5) is 0 Å². The molecule has 0 N–H and O–H groups in total. The van der Waals surface area contributed by atoms with Crippen molar-refractivity contribution in [2.24, 2.45) is 4.99 Å². The minimum atomic E-state index is 0.828. The van der Waals surface area contributed by atoms with E-state index in [-0.39, 0.29) is 0 Å². The van der Waals surface area contributed by atoms with E-state index in [0.29, 0.717) is 0 Å². The summed E-state index contributed by atoms with van der Waals surface area (Å²) in [6.07, 6.45) is 4.14. The van der Waals surface area contributed by atoms with E-state index in [9.17, 15) is 0 Å². The van der Waals surface area contributed by atoms with Crippen molar-refractivity contribution in [3.8, 4) is 0 Å². The smallest absolute Gasteiger partial charge is 0.0600 e. The van der Waals surface area contributed by atoms with Crippen LogP contribution in [0.2, 0.25) is 0 Å². The Hall–Kier alpha value is -1.37. The summed E-state index contributed by atoms with van der Waals surface area (Å²) in [5, 5.41) is 0. The average Bonchev–Trinajstić information content (AvgIpc) is 2.41. The van der Waals surface area contributed by atoms with Crippen molar-refractivity contribution in [1.29, 1.82) is 0 Å². The molecule has 1 aromatic rings. The summed E-state index contributed by atoms with van der Waals surface area (Å²) in [5.41, 5.74) is 3.81. The highest BCUT2D eigenvalue weighted by Crippen LogP contribution is 2.14. The number of nitrogens with zero attached hydrogens (tertiary/aromatic N) is 1. The second kappa shape index (κ2) is 5.38. The molecule has 74 valence electrons. The molecule has 0 unspecified atom stereocenters. The molecule has 0 saturated heterocycles. The van der Waals surface area contributed by atoms with E-state index in [0.717, 1.165) is 6.54 Å². The standard InChI is InChI=1S/C11H11N.C2H6/c1-9-6-10-4-2-3-5-11(10)8-12-7-9;1-2/h2-6,8H,7H2,1H3;1-2H3. The van der Waals surface area contributed by atoms with Gasteiger partial charge in [-0.25, -0.2) is 0 Å². The van der Waals surface area contributed by atoms with Gasteiger partial charge in [-0.15, -0.1) is 0 Å². The van der Waals surface area contributed by atoms with Crippen LogP contribution in [0.5, 0.6) is 0 Å². The highest BCUT2D eigenvalue weighted by Gasteiger charge is 1.99. The molecule has 2 rings (SSSR count). The van der Waals surface area contributed by atoms with Crippen LogP contribution in [0, 0.1) is 0 Å². The van der Waals surface area contributed by atoms with E-state index in [4.69, 9.17) is 0 Å². The Balaban J connectivity index is 0.000000461. The van der Waals surface area contributed by atoms with Crippen molar-refractivity contribution in [3.05, 3.63) is 41.0 Å². The number of aliphatic imine (C=N–C) groups is 1. The van der Waals surface area contributed by atoms with Crippen molar-refractivity contribution in [2.45, 2.75) is 20.8 Å². The van der Waals surface area contributed by atoms with Crippen LogP contribution < -0.4 is 0 Å². The summed E-state index contributed by atoms with van der Waals surface area (Å²) in [6, 6.07) is 8.31. The number of rotatable bonds is 0. The molecule has 0 bridgehead atoms. The van der Waals surface area contributed by atoms with Gasteiger partial charge in [-0.3, -0.25) is 4.99 Å². The molecule has 0 spiro atoms. The third kappa shape index (κ3) is 2.56. The van der Waals surface area contributed by atoms with Gasteiger partial charge >= 0.3 is 0 Å². The quantitative estimate of drug-likeness (QED) is 0.589. The molecule has 1 nitrogen and oxygen atoms in total. The number of fused-ring (bicyclic) bond motifs is 1. The molecular weight excluding hydrogens is 170 g/mol. The molecule has 1 aliphatic heterocycles. The van der Waals surface area contributed by atoms with Gasteiger partial charge in [-0.05, 0) is 18.1 Å². The number of hydrogen-bond donors (Lipinski definition) is 0. The van der Waals surface area contributed by atoms with Gasteiger partial charge in [0.1, 0.15) is 0 Å². The Kier molecular flexibility index (Phi) is 4.11. The fourth-order valence-corrected chi connectivity index (χ4v) is 1.36. The topological polar surface area (TPSA) is 12.4 Å². The molecule has 0 atom stereocenters. The largest absolute Gasteiger partial charge is 0.288 e. The van der Waals surface area contributed by atoms with Crippen LogP contribution in [0.25, 0.3) is 6.08 Å². The summed E-state index contributed by atoms with van der Waals surface area (Å²) in [6.45, 7) is 6.94. The van der Waals surface area contributed by atoms with Crippen molar-refractivity contribution >= 4 is 12.3 Å². The van der Waals surface area contributed by atoms with Crippen LogP contribution in [0.1, 0.15) is 31.9 Å². The average molecular weight is 187 g/mol. The molecular formula is C13H17N. The second-order valence-electron chi connectivity index (χ2n) is 3.09. The lowest BCUT2D eigenvalue weighted by atomic mass is 10.1. The lowest BCUT2D eigenvalue weighted by Crippen LogP contribution is -1.83. The maximum atomic E-state index is 4.30. The highest BCUT2D eigenvalue weighted by atomic mass is 14.7. The van der Waals surface area contributed by atoms with E-state index in [2.05, 4.69) is 36.2 Å². The third-order valence-electron chi connectivity index (χ3n) is 1.97. The summed E-state index contributed by atoms with van der Waals surface area (Å²) < 4.78 is 0. The van der Waals surface area contributed by atoms with Gasteiger partial charge in [0.2, 0.25) is 0 Å². The molecule has 0 aliphatic carbocycles. The van der Waals surface area contributed by atoms with Crippen LogP contribution >= 0.6 is 0 Å². The summed E-state index contributed by atoms with van der Waals surface area (Å²) in [7, 11) is 0. The van der Waals surface area contributed by atoms with E-state index >= 15 is 0 Å². The van der Waals surface area contributed by atoms with Crippen LogP contribution in [0.3, 0.4) is 0 Å². The zero-order chi connectivity index (χ0) is 10.4. The second-order valence-corrected chi connectivity index (χ2v) is 3.09. The minimum absolute atomic E-state index is 0.828. The Morgan fingerprint density at radius 2 is 1.71 bits per heavy atom. The van der Waals surface area contributed by atoms with E-state index in [1.165, 1.54) is 16.7 Å². The fraction of sp³-hybridized carbons (Fsp3) is 0.308. The minimum Gasteiger partial charge on any atom is -0.288 e. The van der Waals surface area contributed by atoms with E-state index in [1.54, 1.807) is 0 Å². The normalized spacial score (nSPS) is 13.2. The van der Waals surface area contributed by atoms with Gasteiger partial charge in [0.15, 0.2) is 0 Å². The number of hydrogen-bond acceptors (Lipinski definition) is 1. The maximum Gasteiger partial charge on any atom is 0.0600 e. The van der Waals surface area contributed by atoms with Crippen molar-refractivity contribution in [2.75, 3.05) is 6.54 Å². The Bertz CT molecular complexity index is 348. The van der Waals surface area contributed by atoms with Crippen LogP contribution in [-0.2, 0) is 0 Å². The molecule has 1 aliphatic rings. The molecule has 1 heterocycles.